The Labute approximate surface area is 55.8 Å². The summed E-state index contributed by atoms with van der Waals surface area (Å²) >= 11 is 5.39. The molecule has 0 aliphatic heterocycles. The fraction of sp³-hybridized carbons (Fsp3) is 0. The second kappa shape index (κ2) is 2.50. The summed E-state index contributed by atoms with van der Waals surface area (Å²) in [5, 5.41) is 6.06. The van der Waals surface area contributed by atoms with E-state index in [1.807, 2.05) is 0 Å². The van der Waals surface area contributed by atoms with Crippen LogP contribution in [0.4, 0.5) is 0 Å². The highest BCUT2D eigenvalue weighted by molar-refractivity contribution is 6.30. The summed E-state index contributed by atoms with van der Waals surface area (Å²) in [5.41, 5.74) is 0. The summed E-state index contributed by atoms with van der Waals surface area (Å²) in [6.07, 6.45) is 1.39. The van der Waals surface area contributed by atoms with Crippen molar-refractivity contribution in [3.05, 3.63) is 11.3 Å². The number of H-pyrrole nitrogens is 1. The maximum atomic E-state index is 9.70. The lowest BCUT2D eigenvalue weighted by Crippen LogP contribution is -1.85. The molecule has 1 aromatic heterocycles. The molecule has 0 aliphatic carbocycles. The van der Waals surface area contributed by atoms with Gasteiger partial charge in [0.25, 0.3) is 6.47 Å². The van der Waals surface area contributed by atoms with Gasteiger partial charge in [0.1, 0.15) is 0 Å². The van der Waals surface area contributed by atoms with Crippen LogP contribution in [-0.2, 0) is 4.79 Å². The number of rotatable bonds is 2. The van der Waals surface area contributed by atoms with E-state index in [-0.39, 0.29) is 17.4 Å². The third-order valence-electron chi connectivity index (χ3n) is 0.737. The fourth-order valence-corrected chi connectivity index (χ4v) is 0.545. The SMILES string of the molecule is O=COc1c[nH]nc1Cl. The Kier molecular flexibility index (Phi) is 1.69. The third-order valence-corrected chi connectivity index (χ3v) is 1.01. The molecule has 1 N–H and O–H groups in total. The normalized spacial score (nSPS) is 9.00. The number of halogens is 1. The van der Waals surface area contributed by atoms with Crippen LogP contribution in [-0.4, -0.2) is 16.7 Å². The number of hydrogen-bond donors (Lipinski definition) is 1. The van der Waals surface area contributed by atoms with Gasteiger partial charge in [-0.05, 0) is 0 Å². The molecule has 48 valence electrons. The van der Waals surface area contributed by atoms with Crippen molar-refractivity contribution in [2.45, 2.75) is 0 Å². The summed E-state index contributed by atoms with van der Waals surface area (Å²) < 4.78 is 4.37. The Morgan fingerprint density at radius 3 is 3.11 bits per heavy atom. The number of aromatic nitrogens is 2. The molecule has 1 rings (SSSR count). The van der Waals surface area contributed by atoms with Gasteiger partial charge in [-0.3, -0.25) is 9.89 Å². The zero-order valence-electron chi connectivity index (χ0n) is 4.30. The maximum absolute atomic E-state index is 9.70. The maximum Gasteiger partial charge on any atom is 0.298 e. The molecule has 0 atom stereocenters. The number of nitrogens with one attached hydrogen (secondary N) is 1. The van der Waals surface area contributed by atoms with Crippen molar-refractivity contribution in [2.75, 3.05) is 0 Å². The van der Waals surface area contributed by atoms with Gasteiger partial charge in [-0.2, -0.15) is 5.10 Å². The highest BCUT2D eigenvalue weighted by Gasteiger charge is 2.00. The molecule has 0 aromatic carbocycles. The summed E-state index contributed by atoms with van der Waals surface area (Å²) in [5.74, 6) is 0.242. The van der Waals surface area contributed by atoms with Crippen molar-refractivity contribution in [3.8, 4) is 5.75 Å². The molecule has 9 heavy (non-hydrogen) atoms. The Morgan fingerprint density at radius 1 is 1.89 bits per heavy atom. The van der Waals surface area contributed by atoms with Gasteiger partial charge < -0.3 is 4.74 Å². The van der Waals surface area contributed by atoms with Gasteiger partial charge in [0.15, 0.2) is 10.9 Å². The predicted octanol–water partition coefficient (Wildman–Crippen LogP) is 0.598. The third kappa shape index (κ3) is 1.20. The molecule has 0 spiro atoms. The van der Waals surface area contributed by atoms with Gasteiger partial charge in [-0.25, -0.2) is 0 Å². The van der Waals surface area contributed by atoms with Crippen molar-refractivity contribution in [1.82, 2.24) is 10.2 Å². The first-order chi connectivity index (χ1) is 4.34. The number of carbonyl (C=O) groups excluding carboxylic acids is 1. The molecule has 0 fully saturated rings. The van der Waals surface area contributed by atoms with Crippen molar-refractivity contribution in [3.63, 3.8) is 0 Å². The molecule has 1 aromatic rings. The van der Waals surface area contributed by atoms with E-state index in [0.717, 1.165) is 0 Å². The van der Waals surface area contributed by atoms with E-state index in [9.17, 15) is 4.79 Å². The van der Waals surface area contributed by atoms with Gasteiger partial charge in [-0.1, -0.05) is 11.6 Å². The monoisotopic (exact) mass is 146 g/mol. The van der Waals surface area contributed by atoms with Crippen LogP contribution in [0.15, 0.2) is 6.20 Å². The number of nitrogens with zero attached hydrogens (tertiary/aromatic N) is 1. The first kappa shape index (κ1) is 6.10. The van der Waals surface area contributed by atoms with E-state index in [2.05, 4.69) is 14.9 Å². The van der Waals surface area contributed by atoms with E-state index in [0.29, 0.717) is 0 Å². The Hall–Kier alpha value is -1.03. The molecule has 0 bridgehead atoms. The van der Waals surface area contributed by atoms with Gasteiger partial charge in [0.2, 0.25) is 0 Å². The quantitative estimate of drug-likeness (QED) is 0.622. The van der Waals surface area contributed by atoms with Gasteiger partial charge in [-0.15, -0.1) is 0 Å². The molecule has 0 amide bonds. The topological polar surface area (TPSA) is 55.0 Å². The molecule has 0 unspecified atom stereocenters. The fourth-order valence-electron chi connectivity index (χ4n) is 0.397. The number of ether oxygens (including phenoxy) is 1. The molecule has 5 heteroatoms. The van der Waals surface area contributed by atoms with Crippen molar-refractivity contribution < 1.29 is 9.53 Å². The van der Waals surface area contributed by atoms with E-state index >= 15 is 0 Å². The van der Waals surface area contributed by atoms with Crippen LogP contribution in [0.1, 0.15) is 0 Å². The van der Waals surface area contributed by atoms with Crippen LogP contribution < -0.4 is 4.74 Å². The van der Waals surface area contributed by atoms with Crippen molar-refractivity contribution >= 4 is 18.1 Å². The predicted molar refractivity (Wildman–Crippen MR) is 30.3 cm³/mol. The van der Waals surface area contributed by atoms with Crippen LogP contribution in [0, 0.1) is 0 Å². The Balaban J connectivity index is 2.80. The summed E-state index contributed by atoms with van der Waals surface area (Å²) in [6.45, 7) is 0.288. The minimum Gasteiger partial charge on any atom is -0.424 e. The second-order valence-electron chi connectivity index (χ2n) is 1.25. The van der Waals surface area contributed by atoms with Crippen LogP contribution in [0.25, 0.3) is 0 Å². The first-order valence-corrected chi connectivity index (χ1v) is 2.52. The van der Waals surface area contributed by atoms with Crippen molar-refractivity contribution in [1.29, 1.82) is 0 Å². The Morgan fingerprint density at radius 2 is 2.67 bits per heavy atom. The van der Waals surface area contributed by atoms with Gasteiger partial charge in [0.05, 0.1) is 6.20 Å². The lowest BCUT2D eigenvalue weighted by Gasteiger charge is -1.87. The molecule has 0 radical (unpaired) electrons. The molecular formula is C4H3ClN2O2. The summed E-state index contributed by atoms with van der Waals surface area (Å²) in [6, 6.07) is 0. The zero-order valence-corrected chi connectivity index (χ0v) is 5.05. The molecule has 0 aliphatic rings. The summed E-state index contributed by atoms with van der Waals surface area (Å²) in [4.78, 5) is 9.70. The highest BCUT2D eigenvalue weighted by atomic mass is 35.5. The molecule has 0 saturated carbocycles. The zero-order chi connectivity index (χ0) is 6.69. The van der Waals surface area contributed by atoms with Crippen LogP contribution in [0.3, 0.4) is 0 Å². The lowest BCUT2D eigenvalue weighted by atomic mass is 10.7. The second-order valence-corrected chi connectivity index (χ2v) is 1.61. The van der Waals surface area contributed by atoms with Crippen molar-refractivity contribution in [2.24, 2.45) is 0 Å². The lowest BCUT2D eigenvalue weighted by molar-refractivity contribution is -0.120. The number of hydrogen-bond acceptors (Lipinski definition) is 3. The Bertz CT molecular complexity index is 210. The minimum absolute atomic E-state index is 0.155. The van der Waals surface area contributed by atoms with E-state index in [1.165, 1.54) is 6.20 Å². The molecule has 0 saturated heterocycles. The summed E-state index contributed by atoms with van der Waals surface area (Å²) in [7, 11) is 0. The van der Waals surface area contributed by atoms with Gasteiger partial charge >= 0.3 is 0 Å². The number of carbonyl (C=O) groups is 1. The molecule has 4 nitrogen and oxygen atoms in total. The smallest absolute Gasteiger partial charge is 0.298 e. The first-order valence-electron chi connectivity index (χ1n) is 2.14. The average molecular weight is 147 g/mol. The van der Waals surface area contributed by atoms with E-state index in [4.69, 9.17) is 11.6 Å². The highest BCUT2D eigenvalue weighted by Crippen LogP contribution is 2.18. The standard InChI is InChI=1S/C4H3ClN2O2/c5-4-3(9-2-8)1-6-7-4/h1-2H,(H,6,7). The van der Waals surface area contributed by atoms with E-state index < -0.39 is 0 Å². The average Bonchev–Trinajstić information content (AvgIpc) is 2.18. The van der Waals surface area contributed by atoms with Crippen LogP contribution in [0.2, 0.25) is 5.15 Å². The largest absolute Gasteiger partial charge is 0.424 e. The minimum atomic E-state index is 0.155. The number of aromatic amines is 1. The van der Waals surface area contributed by atoms with E-state index in [1.54, 1.807) is 0 Å². The molecular weight excluding hydrogens is 144 g/mol. The van der Waals surface area contributed by atoms with Crippen LogP contribution in [0.5, 0.6) is 5.75 Å². The molecule has 1 heterocycles. The van der Waals surface area contributed by atoms with Crippen LogP contribution >= 0.6 is 11.6 Å². The van der Waals surface area contributed by atoms with Gasteiger partial charge in [0, 0.05) is 0 Å².